The molecule has 1 saturated carbocycles. The van der Waals surface area contributed by atoms with Crippen molar-refractivity contribution in [1.82, 2.24) is 14.5 Å². The number of aromatic nitrogens is 3. The minimum Gasteiger partial charge on any atom is -0.383 e. The molecule has 0 aliphatic heterocycles. The van der Waals surface area contributed by atoms with Gasteiger partial charge in [-0.05, 0) is 25.0 Å². The molecule has 4 nitrogen and oxygen atoms in total. The van der Waals surface area contributed by atoms with E-state index in [-0.39, 0.29) is 0 Å². The summed E-state index contributed by atoms with van der Waals surface area (Å²) in [6, 6.07) is 4.51. The standard InChI is InChI=1S/C16H22N4/c17-16-14(9-6-10-19-16)15-11-18-12-20(15)13-7-4-2-1-3-5-8-13/h6,9-13H,1-5,7-8H2,(H2,17,19). The fourth-order valence-corrected chi connectivity index (χ4v) is 3.15. The smallest absolute Gasteiger partial charge is 0.132 e. The van der Waals surface area contributed by atoms with Crippen LogP contribution in [0.5, 0.6) is 0 Å². The fourth-order valence-electron chi connectivity index (χ4n) is 3.15. The van der Waals surface area contributed by atoms with Gasteiger partial charge in [0.25, 0.3) is 0 Å². The maximum atomic E-state index is 6.01. The van der Waals surface area contributed by atoms with E-state index < -0.39 is 0 Å². The average Bonchev–Trinajstić information content (AvgIpc) is 2.88. The van der Waals surface area contributed by atoms with Crippen LogP contribution in [0.1, 0.15) is 51.0 Å². The number of anilines is 1. The van der Waals surface area contributed by atoms with Crippen LogP contribution in [0.3, 0.4) is 0 Å². The van der Waals surface area contributed by atoms with Crippen molar-refractivity contribution < 1.29 is 0 Å². The summed E-state index contributed by atoms with van der Waals surface area (Å²) in [6.45, 7) is 0. The van der Waals surface area contributed by atoms with E-state index in [0.29, 0.717) is 11.9 Å². The van der Waals surface area contributed by atoms with Gasteiger partial charge in [-0.3, -0.25) is 0 Å². The van der Waals surface area contributed by atoms with Crippen molar-refractivity contribution in [2.24, 2.45) is 0 Å². The molecule has 1 fully saturated rings. The Kier molecular flexibility index (Phi) is 4.00. The Morgan fingerprint density at radius 1 is 1.10 bits per heavy atom. The van der Waals surface area contributed by atoms with Crippen LogP contribution in [-0.2, 0) is 0 Å². The van der Waals surface area contributed by atoms with Gasteiger partial charge in [-0.1, -0.05) is 32.1 Å². The highest BCUT2D eigenvalue weighted by molar-refractivity contribution is 5.70. The number of pyridine rings is 1. The van der Waals surface area contributed by atoms with Crippen LogP contribution in [0, 0.1) is 0 Å². The first-order valence-corrected chi connectivity index (χ1v) is 7.59. The second-order valence-electron chi connectivity index (χ2n) is 5.62. The molecule has 0 radical (unpaired) electrons. The number of nitrogens with zero attached hydrogens (tertiary/aromatic N) is 3. The van der Waals surface area contributed by atoms with Crippen molar-refractivity contribution in [3.05, 3.63) is 30.9 Å². The Hall–Kier alpha value is -1.84. The zero-order valence-electron chi connectivity index (χ0n) is 11.8. The number of nitrogens with two attached hydrogens (primary N) is 1. The maximum absolute atomic E-state index is 6.01. The van der Waals surface area contributed by atoms with Gasteiger partial charge in [-0.25, -0.2) is 9.97 Å². The molecule has 0 aromatic carbocycles. The number of nitrogen functional groups attached to an aromatic ring is 1. The molecule has 2 N–H and O–H groups in total. The van der Waals surface area contributed by atoms with Gasteiger partial charge in [0.2, 0.25) is 0 Å². The van der Waals surface area contributed by atoms with E-state index in [2.05, 4.69) is 14.5 Å². The van der Waals surface area contributed by atoms with E-state index in [0.717, 1.165) is 11.3 Å². The topological polar surface area (TPSA) is 56.7 Å². The van der Waals surface area contributed by atoms with E-state index in [1.807, 2.05) is 24.7 Å². The van der Waals surface area contributed by atoms with Crippen LogP contribution in [0.2, 0.25) is 0 Å². The highest BCUT2D eigenvalue weighted by Crippen LogP contribution is 2.32. The van der Waals surface area contributed by atoms with E-state index in [1.54, 1.807) is 6.20 Å². The first kappa shape index (κ1) is 13.2. The van der Waals surface area contributed by atoms with Gasteiger partial charge < -0.3 is 10.3 Å². The largest absolute Gasteiger partial charge is 0.383 e. The minimum atomic E-state index is 0.549. The zero-order chi connectivity index (χ0) is 13.8. The van der Waals surface area contributed by atoms with Gasteiger partial charge >= 0.3 is 0 Å². The summed E-state index contributed by atoms with van der Waals surface area (Å²) in [4.78, 5) is 8.54. The highest BCUT2D eigenvalue weighted by Gasteiger charge is 2.17. The maximum Gasteiger partial charge on any atom is 0.132 e. The molecule has 0 bridgehead atoms. The summed E-state index contributed by atoms with van der Waals surface area (Å²) in [5, 5.41) is 0. The molecule has 1 aliphatic carbocycles. The Labute approximate surface area is 120 Å². The molecule has 0 spiro atoms. The highest BCUT2D eigenvalue weighted by atomic mass is 15.1. The van der Waals surface area contributed by atoms with Crippen LogP contribution >= 0.6 is 0 Å². The Morgan fingerprint density at radius 2 is 1.85 bits per heavy atom. The summed E-state index contributed by atoms with van der Waals surface area (Å²) in [6.07, 6.45) is 14.8. The molecular weight excluding hydrogens is 248 g/mol. The molecule has 0 saturated heterocycles. The molecule has 20 heavy (non-hydrogen) atoms. The predicted molar refractivity (Wildman–Crippen MR) is 81.2 cm³/mol. The van der Waals surface area contributed by atoms with Crippen molar-refractivity contribution in [2.45, 2.75) is 51.0 Å². The van der Waals surface area contributed by atoms with E-state index >= 15 is 0 Å². The lowest BCUT2D eigenvalue weighted by molar-refractivity contribution is 0.374. The third kappa shape index (κ3) is 2.69. The van der Waals surface area contributed by atoms with Gasteiger partial charge in [0, 0.05) is 17.8 Å². The second-order valence-corrected chi connectivity index (χ2v) is 5.62. The fraction of sp³-hybridized carbons (Fsp3) is 0.500. The third-order valence-corrected chi connectivity index (χ3v) is 4.25. The minimum absolute atomic E-state index is 0.549. The molecular formula is C16H22N4. The monoisotopic (exact) mass is 270 g/mol. The SMILES string of the molecule is Nc1ncccc1-c1cncn1C1CCCCCCC1. The number of hydrogen-bond donors (Lipinski definition) is 1. The molecule has 0 atom stereocenters. The van der Waals surface area contributed by atoms with Crippen LogP contribution in [-0.4, -0.2) is 14.5 Å². The predicted octanol–water partition coefficient (Wildman–Crippen LogP) is 3.81. The van der Waals surface area contributed by atoms with Crippen molar-refractivity contribution in [3.63, 3.8) is 0 Å². The summed E-state index contributed by atoms with van der Waals surface area (Å²) in [5.74, 6) is 0.583. The lowest BCUT2D eigenvalue weighted by Gasteiger charge is -2.23. The summed E-state index contributed by atoms with van der Waals surface area (Å²) < 4.78 is 2.30. The molecule has 1 aliphatic rings. The van der Waals surface area contributed by atoms with Gasteiger partial charge in [-0.2, -0.15) is 0 Å². The van der Waals surface area contributed by atoms with Gasteiger partial charge in [-0.15, -0.1) is 0 Å². The molecule has 0 unspecified atom stereocenters. The Balaban J connectivity index is 1.91. The number of hydrogen-bond acceptors (Lipinski definition) is 3. The van der Waals surface area contributed by atoms with Crippen molar-refractivity contribution >= 4 is 5.82 Å². The van der Waals surface area contributed by atoms with Gasteiger partial charge in [0.05, 0.1) is 18.2 Å². The molecule has 2 aromatic rings. The number of imidazole rings is 1. The van der Waals surface area contributed by atoms with Crippen LogP contribution < -0.4 is 5.73 Å². The van der Waals surface area contributed by atoms with Crippen molar-refractivity contribution in [3.8, 4) is 11.3 Å². The number of rotatable bonds is 2. The summed E-state index contributed by atoms with van der Waals surface area (Å²) >= 11 is 0. The van der Waals surface area contributed by atoms with E-state index in [4.69, 9.17) is 5.73 Å². The van der Waals surface area contributed by atoms with Crippen LogP contribution in [0.25, 0.3) is 11.3 Å². The first-order chi connectivity index (χ1) is 9.86. The lowest BCUT2D eigenvalue weighted by atomic mass is 9.96. The normalized spacial score (nSPS) is 17.6. The van der Waals surface area contributed by atoms with E-state index in [9.17, 15) is 0 Å². The zero-order valence-corrected chi connectivity index (χ0v) is 11.8. The molecule has 3 rings (SSSR count). The second kappa shape index (κ2) is 6.07. The average molecular weight is 270 g/mol. The van der Waals surface area contributed by atoms with E-state index in [1.165, 1.54) is 44.9 Å². The molecule has 4 heteroatoms. The van der Waals surface area contributed by atoms with Gasteiger partial charge in [0.15, 0.2) is 0 Å². The molecule has 0 amide bonds. The Morgan fingerprint density at radius 3 is 2.60 bits per heavy atom. The summed E-state index contributed by atoms with van der Waals surface area (Å²) in [5.41, 5.74) is 8.10. The molecule has 2 heterocycles. The van der Waals surface area contributed by atoms with Gasteiger partial charge in [0.1, 0.15) is 5.82 Å². The van der Waals surface area contributed by atoms with Crippen LogP contribution in [0.4, 0.5) is 5.82 Å². The van der Waals surface area contributed by atoms with Crippen molar-refractivity contribution in [2.75, 3.05) is 5.73 Å². The Bertz CT molecular complexity index is 553. The first-order valence-electron chi connectivity index (χ1n) is 7.59. The van der Waals surface area contributed by atoms with Crippen molar-refractivity contribution in [1.29, 1.82) is 0 Å². The molecule has 2 aromatic heterocycles. The van der Waals surface area contributed by atoms with Crippen LogP contribution in [0.15, 0.2) is 30.9 Å². The molecule has 106 valence electrons. The third-order valence-electron chi connectivity index (χ3n) is 4.25. The quantitative estimate of drug-likeness (QED) is 0.902. The lowest BCUT2D eigenvalue weighted by Crippen LogP contribution is -2.11. The summed E-state index contributed by atoms with van der Waals surface area (Å²) in [7, 11) is 0.